The van der Waals surface area contributed by atoms with Crippen molar-refractivity contribution >= 4 is 5.91 Å². The third-order valence-electron chi connectivity index (χ3n) is 4.57. The van der Waals surface area contributed by atoms with E-state index in [1.54, 1.807) is 0 Å². The molecule has 0 spiro atoms. The first-order chi connectivity index (χ1) is 9.74. The molecule has 1 aromatic rings. The average Bonchev–Trinajstić information content (AvgIpc) is 2.95. The molecule has 3 N–H and O–H groups in total. The van der Waals surface area contributed by atoms with Crippen LogP contribution in [0.25, 0.3) is 0 Å². The van der Waals surface area contributed by atoms with Crippen LogP contribution in [0, 0.1) is 0 Å². The van der Waals surface area contributed by atoms with Gasteiger partial charge in [0.15, 0.2) is 6.10 Å². The maximum Gasteiger partial charge on any atom is 0.254 e. The van der Waals surface area contributed by atoms with Crippen LogP contribution >= 0.6 is 0 Å². The highest BCUT2D eigenvalue weighted by Gasteiger charge is 2.37. The van der Waals surface area contributed by atoms with Crippen molar-refractivity contribution in [2.75, 3.05) is 13.2 Å². The Hall–Kier alpha value is -1.39. The zero-order chi connectivity index (χ0) is 14.0. The molecule has 4 nitrogen and oxygen atoms in total. The highest BCUT2D eigenvalue weighted by atomic mass is 16.5. The Balaban J connectivity index is 1.78. The maximum atomic E-state index is 12.6. The number of nitrogens with one attached hydrogen (secondary N) is 1. The van der Waals surface area contributed by atoms with Gasteiger partial charge in [-0.2, -0.15) is 0 Å². The number of nitrogens with two attached hydrogens (primary N) is 1. The quantitative estimate of drug-likeness (QED) is 0.881. The van der Waals surface area contributed by atoms with Gasteiger partial charge in [-0.25, -0.2) is 0 Å². The van der Waals surface area contributed by atoms with Crippen LogP contribution in [0.4, 0.5) is 0 Å². The highest BCUT2D eigenvalue weighted by molar-refractivity contribution is 5.83. The number of carbonyl (C=O) groups is 1. The van der Waals surface area contributed by atoms with E-state index in [9.17, 15) is 4.79 Å². The molecule has 1 fully saturated rings. The lowest BCUT2D eigenvalue weighted by molar-refractivity contribution is -0.136. The molecule has 0 saturated heterocycles. The number of carbonyl (C=O) groups excluding carboxylic acids is 1. The van der Waals surface area contributed by atoms with Crippen LogP contribution in [0.15, 0.2) is 24.3 Å². The molecule has 1 saturated carbocycles. The van der Waals surface area contributed by atoms with E-state index < -0.39 is 6.10 Å². The number of ether oxygens (including phenoxy) is 1. The van der Waals surface area contributed by atoms with Gasteiger partial charge in [0, 0.05) is 6.54 Å². The summed E-state index contributed by atoms with van der Waals surface area (Å²) >= 11 is 0. The number of rotatable bonds is 3. The molecule has 1 aromatic carbocycles. The van der Waals surface area contributed by atoms with Crippen molar-refractivity contribution in [2.24, 2.45) is 5.73 Å². The first kappa shape index (κ1) is 13.6. The summed E-state index contributed by atoms with van der Waals surface area (Å²) in [6, 6.07) is 8.04. The van der Waals surface area contributed by atoms with E-state index in [1.165, 1.54) is 5.56 Å². The van der Waals surface area contributed by atoms with Gasteiger partial charge >= 0.3 is 0 Å². The fourth-order valence-electron chi connectivity index (χ4n) is 3.37. The van der Waals surface area contributed by atoms with Gasteiger partial charge in [-0.1, -0.05) is 37.1 Å². The minimum Gasteiger partial charge on any atom is -0.363 e. The topological polar surface area (TPSA) is 64.3 Å². The van der Waals surface area contributed by atoms with Crippen molar-refractivity contribution in [3.8, 4) is 0 Å². The molecular formula is C16H22N2O2. The highest BCUT2D eigenvalue weighted by Crippen LogP contribution is 2.32. The SMILES string of the molecule is NCC1(NC(=O)C2OCCc3ccccc32)CCCC1. The fourth-order valence-corrected chi connectivity index (χ4v) is 3.37. The van der Waals surface area contributed by atoms with E-state index in [2.05, 4.69) is 11.4 Å². The van der Waals surface area contributed by atoms with Crippen LogP contribution in [0.3, 0.4) is 0 Å². The molecule has 0 bridgehead atoms. The molecule has 1 heterocycles. The second-order valence-corrected chi connectivity index (χ2v) is 5.88. The Labute approximate surface area is 119 Å². The Morgan fingerprint density at radius 1 is 1.35 bits per heavy atom. The number of benzene rings is 1. The second kappa shape index (κ2) is 5.54. The van der Waals surface area contributed by atoms with Crippen molar-refractivity contribution in [3.05, 3.63) is 35.4 Å². The summed E-state index contributed by atoms with van der Waals surface area (Å²) in [4.78, 5) is 12.6. The zero-order valence-corrected chi connectivity index (χ0v) is 11.7. The summed E-state index contributed by atoms with van der Waals surface area (Å²) < 4.78 is 5.71. The van der Waals surface area contributed by atoms with Crippen molar-refractivity contribution in [2.45, 2.75) is 43.7 Å². The van der Waals surface area contributed by atoms with Crippen LogP contribution in [0.2, 0.25) is 0 Å². The summed E-state index contributed by atoms with van der Waals surface area (Å²) in [7, 11) is 0. The monoisotopic (exact) mass is 274 g/mol. The number of amides is 1. The molecule has 3 rings (SSSR count). The number of hydrogen-bond acceptors (Lipinski definition) is 3. The first-order valence-corrected chi connectivity index (χ1v) is 7.46. The van der Waals surface area contributed by atoms with Crippen LogP contribution in [0.5, 0.6) is 0 Å². The Bertz CT molecular complexity index is 495. The molecule has 1 aliphatic heterocycles. The largest absolute Gasteiger partial charge is 0.363 e. The second-order valence-electron chi connectivity index (χ2n) is 5.88. The van der Waals surface area contributed by atoms with E-state index in [0.717, 1.165) is 37.7 Å². The third-order valence-corrected chi connectivity index (χ3v) is 4.57. The van der Waals surface area contributed by atoms with Crippen molar-refractivity contribution < 1.29 is 9.53 Å². The van der Waals surface area contributed by atoms with Gasteiger partial charge in [-0.15, -0.1) is 0 Å². The van der Waals surface area contributed by atoms with Gasteiger partial charge in [0.05, 0.1) is 12.1 Å². The third kappa shape index (κ3) is 2.45. The lowest BCUT2D eigenvalue weighted by Gasteiger charge is -2.32. The Morgan fingerprint density at radius 3 is 2.85 bits per heavy atom. The molecule has 1 atom stereocenters. The minimum atomic E-state index is -0.482. The number of hydrogen-bond donors (Lipinski definition) is 2. The van der Waals surface area contributed by atoms with Crippen LogP contribution < -0.4 is 11.1 Å². The lowest BCUT2D eigenvalue weighted by Crippen LogP contribution is -2.53. The van der Waals surface area contributed by atoms with E-state index >= 15 is 0 Å². The summed E-state index contributed by atoms with van der Waals surface area (Å²) in [5.74, 6) is -0.0375. The molecule has 1 aliphatic carbocycles. The first-order valence-electron chi connectivity index (χ1n) is 7.46. The van der Waals surface area contributed by atoms with Crippen molar-refractivity contribution in [1.29, 1.82) is 0 Å². The Kier molecular flexibility index (Phi) is 3.76. The van der Waals surface area contributed by atoms with Crippen LogP contribution in [0.1, 0.15) is 42.9 Å². The molecular weight excluding hydrogens is 252 g/mol. The van der Waals surface area contributed by atoms with Gasteiger partial charge in [-0.05, 0) is 30.4 Å². The normalized spacial score (nSPS) is 24.1. The Morgan fingerprint density at radius 2 is 2.10 bits per heavy atom. The molecule has 108 valence electrons. The maximum absolute atomic E-state index is 12.6. The smallest absolute Gasteiger partial charge is 0.254 e. The standard InChI is InChI=1S/C16H22N2O2/c17-11-16(8-3-4-9-16)18-15(19)14-13-6-2-1-5-12(13)7-10-20-14/h1-2,5-6,14H,3-4,7-11,17H2,(H,18,19). The molecule has 20 heavy (non-hydrogen) atoms. The molecule has 0 aromatic heterocycles. The summed E-state index contributed by atoms with van der Waals surface area (Å²) in [5.41, 5.74) is 7.89. The summed E-state index contributed by atoms with van der Waals surface area (Å²) in [5, 5.41) is 3.16. The van der Waals surface area contributed by atoms with Gasteiger partial charge in [0.1, 0.15) is 0 Å². The minimum absolute atomic E-state index is 0.0375. The predicted octanol–water partition coefficient (Wildman–Crippen LogP) is 1.69. The molecule has 2 aliphatic rings. The van der Waals surface area contributed by atoms with Crippen molar-refractivity contribution in [1.82, 2.24) is 5.32 Å². The van der Waals surface area contributed by atoms with E-state index in [1.807, 2.05) is 18.2 Å². The predicted molar refractivity (Wildman–Crippen MR) is 77.2 cm³/mol. The van der Waals surface area contributed by atoms with Gasteiger partial charge in [0.2, 0.25) is 0 Å². The molecule has 1 amide bonds. The number of fused-ring (bicyclic) bond motifs is 1. The van der Waals surface area contributed by atoms with Gasteiger partial charge < -0.3 is 15.8 Å². The van der Waals surface area contributed by atoms with E-state index in [-0.39, 0.29) is 11.4 Å². The summed E-state index contributed by atoms with van der Waals surface area (Å²) in [6.45, 7) is 1.11. The van der Waals surface area contributed by atoms with E-state index in [0.29, 0.717) is 13.2 Å². The van der Waals surface area contributed by atoms with E-state index in [4.69, 9.17) is 10.5 Å². The van der Waals surface area contributed by atoms with Crippen molar-refractivity contribution in [3.63, 3.8) is 0 Å². The average molecular weight is 274 g/mol. The molecule has 0 radical (unpaired) electrons. The molecule has 4 heteroatoms. The molecule has 1 unspecified atom stereocenters. The van der Waals surface area contributed by atoms with Crippen LogP contribution in [-0.4, -0.2) is 24.6 Å². The van der Waals surface area contributed by atoms with Crippen LogP contribution in [-0.2, 0) is 16.0 Å². The summed E-state index contributed by atoms with van der Waals surface area (Å²) in [6.07, 6.45) is 4.62. The zero-order valence-electron chi connectivity index (χ0n) is 11.7. The van der Waals surface area contributed by atoms with Gasteiger partial charge in [-0.3, -0.25) is 4.79 Å². The lowest BCUT2D eigenvalue weighted by atomic mass is 9.94. The van der Waals surface area contributed by atoms with Gasteiger partial charge in [0.25, 0.3) is 5.91 Å². The fraction of sp³-hybridized carbons (Fsp3) is 0.562.